The first-order chi connectivity index (χ1) is 8.22. The molecular weight excluding hydrogens is 288 g/mol. The lowest BCUT2D eigenvalue weighted by molar-refractivity contribution is 0.0600. The van der Waals surface area contributed by atoms with E-state index in [1.54, 1.807) is 12.3 Å². The molecule has 2 heterocycles. The second-order valence-corrected chi connectivity index (χ2v) is 4.53. The van der Waals surface area contributed by atoms with Gasteiger partial charge in [0, 0.05) is 23.8 Å². The van der Waals surface area contributed by atoms with Crippen LogP contribution in [-0.4, -0.2) is 44.4 Å². The van der Waals surface area contributed by atoms with Gasteiger partial charge in [0.25, 0.3) is 0 Å². The van der Waals surface area contributed by atoms with Gasteiger partial charge in [-0.3, -0.25) is 0 Å². The van der Waals surface area contributed by atoms with Crippen LogP contribution in [0.25, 0.3) is 0 Å². The zero-order chi connectivity index (χ0) is 12.3. The fourth-order valence-electron chi connectivity index (χ4n) is 1.72. The molecular formula is C11H13BrN2O3. The summed E-state index contributed by atoms with van der Waals surface area (Å²) in [6.07, 6.45) is 1.68. The summed E-state index contributed by atoms with van der Waals surface area (Å²) in [5.41, 5.74) is 0.476. The van der Waals surface area contributed by atoms with Crippen LogP contribution in [-0.2, 0) is 9.47 Å². The lowest BCUT2D eigenvalue weighted by atomic mass is 10.2. The van der Waals surface area contributed by atoms with Gasteiger partial charge in [0.15, 0.2) is 0 Å². The summed E-state index contributed by atoms with van der Waals surface area (Å²) in [4.78, 5) is 18.0. The van der Waals surface area contributed by atoms with Crippen molar-refractivity contribution in [1.29, 1.82) is 0 Å². The second-order valence-electron chi connectivity index (χ2n) is 3.62. The Hall–Kier alpha value is -1.14. The van der Waals surface area contributed by atoms with Gasteiger partial charge in [-0.05, 0) is 22.0 Å². The largest absolute Gasteiger partial charge is 0.465 e. The fraction of sp³-hybridized carbons (Fsp3) is 0.455. The van der Waals surface area contributed by atoms with Gasteiger partial charge in [-0.2, -0.15) is 0 Å². The number of ether oxygens (including phenoxy) is 2. The molecule has 0 radical (unpaired) electrons. The number of morpholine rings is 1. The molecule has 0 saturated carbocycles. The van der Waals surface area contributed by atoms with Crippen molar-refractivity contribution < 1.29 is 14.3 Å². The topological polar surface area (TPSA) is 51.7 Å². The van der Waals surface area contributed by atoms with E-state index in [2.05, 4.69) is 20.9 Å². The predicted molar refractivity (Wildman–Crippen MR) is 66.3 cm³/mol. The summed E-state index contributed by atoms with van der Waals surface area (Å²) in [6, 6.07) is 1.73. The molecule has 6 heteroatoms. The van der Waals surface area contributed by atoms with Gasteiger partial charge in [-0.25, -0.2) is 9.78 Å². The van der Waals surface area contributed by atoms with E-state index in [0.717, 1.165) is 17.6 Å². The van der Waals surface area contributed by atoms with Gasteiger partial charge in [-0.15, -0.1) is 0 Å². The Morgan fingerprint density at radius 2 is 2.24 bits per heavy atom. The summed E-state index contributed by atoms with van der Waals surface area (Å²) in [5, 5.41) is 0. The Morgan fingerprint density at radius 1 is 1.53 bits per heavy atom. The van der Waals surface area contributed by atoms with Gasteiger partial charge >= 0.3 is 5.97 Å². The zero-order valence-corrected chi connectivity index (χ0v) is 11.1. The number of rotatable bonds is 2. The molecule has 92 valence electrons. The van der Waals surface area contributed by atoms with Crippen molar-refractivity contribution in [1.82, 2.24) is 4.98 Å². The van der Waals surface area contributed by atoms with Gasteiger partial charge in [0.1, 0.15) is 11.4 Å². The minimum Gasteiger partial charge on any atom is -0.465 e. The SMILES string of the molecule is COC(=O)c1cc(Br)cnc1N1CCOCC1. The van der Waals surface area contributed by atoms with Crippen molar-refractivity contribution >= 4 is 27.7 Å². The number of hydrogen-bond donors (Lipinski definition) is 0. The van der Waals surface area contributed by atoms with E-state index in [-0.39, 0.29) is 5.97 Å². The number of methoxy groups -OCH3 is 1. The lowest BCUT2D eigenvalue weighted by Crippen LogP contribution is -2.37. The number of halogens is 1. The van der Waals surface area contributed by atoms with Gasteiger partial charge < -0.3 is 14.4 Å². The van der Waals surface area contributed by atoms with E-state index in [1.165, 1.54) is 7.11 Å². The molecule has 1 aromatic heterocycles. The predicted octanol–water partition coefficient (Wildman–Crippen LogP) is 1.47. The van der Waals surface area contributed by atoms with E-state index in [0.29, 0.717) is 24.6 Å². The van der Waals surface area contributed by atoms with Crippen molar-refractivity contribution in [2.24, 2.45) is 0 Å². The summed E-state index contributed by atoms with van der Waals surface area (Å²) in [5.74, 6) is 0.281. The molecule has 5 nitrogen and oxygen atoms in total. The highest BCUT2D eigenvalue weighted by Crippen LogP contribution is 2.23. The first-order valence-electron chi connectivity index (χ1n) is 5.29. The summed E-state index contributed by atoms with van der Waals surface area (Å²) in [6.45, 7) is 2.77. The highest BCUT2D eigenvalue weighted by molar-refractivity contribution is 9.10. The van der Waals surface area contributed by atoms with Crippen molar-refractivity contribution in [3.8, 4) is 0 Å². The maximum absolute atomic E-state index is 11.7. The maximum Gasteiger partial charge on any atom is 0.341 e. The third kappa shape index (κ3) is 2.76. The number of anilines is 1. The number of aromatic nitrogens is 1. The van der Waals surface area contributed by atoms with Crippen LogP contribution in [0.2, 0.25) is 0 Å². The minimum absolute atomic E-state index is 0.375. The highest BCUT2D eigenvalue weighted by atomic mass is 79.9. The quantitative estimate of drug-likeness (QED) is 0.774. The van der Waals surface area contributed by atoms with Crippen molar-refractivity contribution in [3.05, 3.63) is 22.3 Å². The molecule has 1 aromatic rings. The van der Waals surface area contributed by atoms with E-state index in [1.807, 2.05) is 4.90 Å². The van der Waals surface area contributed by atoms with E-state index >= 15 is 0 Å². The van der Waals surface area contributed by atoms with Crippen LogP contribution < -0.4 is 4.90 Å². The number of carbonyl (C=O) groups excluding carboxylic acids is 1. The number of esters is 1. The number of nitrogens with zero attached hydrogens (tertiary/aromatic N) is 2. The minimum atomic E-state index is -0.375. The van der Waals surface area contributed by atoms with E-state index in [4.69, 9.17) is 9.47 Å². The molecule has 0 amide bonds. The first kappa shape index (κ1) is 12.3. The molecule has 0 unspecified atom stereocenters. The standard InChI is InChI=1S/C11H13BrN2O3/c1-16-11(15)9-6-8(12)7-13-10(9)14-2-4-17-5-3-14/h6-7H,2-5H2,1H3. The summed E-state index contributed by atoms with van der Waals surface area (Å²) >= 11 is 3.30. The van der Waals surface area contributed by atoms with Crippen LogP contribution in [0.5, 0.6) is 0 Å². The Morgan fingerprint density at radius 3 is 2.88 bits per heavy atom. The molecule has 2 rings (SSSR count). The van der Waals surface area contributed by atoms with Crippen LogP contribution >= 0.6 is 15.9 Å². The Balaban J connectivity index is 2.34. The number of carbonyl (C=O) groups is 1. The number of hydrogen-bond acceptors (Lipinski definition) is 5. The normalized spacial score (nSPS) is 15.8. The fourth-order valence-corrected chi connectivity index (χ4v) is 2.05. The Kier molecular flexibility index (Phi) is 3.96. The zero-order valence-electron chi connectivity index (χ0n) is 9.48. The second kappa shape index (κ2) is 5.46. The monoisotopic (exact) mass is 300 g/mol. The molecule has 0 N–H and O–H groups in total. The van der Waals surface area contributed by atoms with E-state index < -0.39 is 0 Å². The van der Waals surface area contributed by atoms with Crippen molar-refractivity contribution in [2.45, 2.75) is 0 Å². The smallest absolute Gasteiger partial charge is 0.341 e. The molecule has 0 atom stereocenters. The van der Waals surface area contributed by atoms with Gasteiger partial charge in [-0.1, -0.05) is 0 Å². The maximum atomic E-state index is 11.7. The average Bonchev–Trinajstić information content (AvgIpc) is 2.38. The van der Waals surface area contributed by atoms with Crippen molar-refractivity contribution in [3.63, 3.8) is 0 Å². The van der Waals surface area contributed by atoms with Gasteiger partial charge in [0.2, 0.25) is 0 Å². The molecule has 0 spiro atoms. The molecule has 0 aromatic carbocycles. The third-order valence-electron chi connectivity index (χ3n) is 2.55. The summed E-state index contributed by atoms with van der Waals surface area (Å²) < 4.78 is 10.8. The van der Waals surface area contributed by atoms with Crippen LogP contribution in [0.1, 0.15) is 10.4 Å². The van der Waals surface area contributed by atoms with Crippen molar-refractivity contribution in [2.75, 3.05) is 38.3 Å². The number of pyridine rings is 1. The molecule has 1 fully saturated rings. The molecule has 0 aliphatic carbocycles. The van der Waals surface area contributed by atoms with E-state index in [9.17, 15) is 4.79 Å². The average molecular weight is 301 g/mol. The summed E-state index contributed by atoms with van der Waals surface area (Å²) in [7, 11) is 1.37. The van der Waals surface area contributed by atoms with Crippen LogP contribution in [0.15, 0.2) is 16.7 Å². The first-order valence-corrected chi connectivity index (χ1v) is 6.08. The molecule has 1 aliphatic rings. The molecule has 1 saturated heterocycles. The lowest BCUT2D eigenvalue weighted by Gasteiger charge is -2.28. The Labute approximate surface area is 108 Å². The molecule has 1 aliphatic heterocycles. The van der Waals surface area contributed by atoms with Gasteiger partial charge in [0.05, 0.1) is 20.3 Å². The van der Waals surface area contributed by atoms with Crippen LogP contribution in [0.4, 0.5) is 5.82 Å². The Bertz CT molecular complexity index is 419. The van der Waals surface area contributed by atoms with Crippen LogP contribution in [0, 0.1) is 0 Å². The third-order valence-corrected chi connectivity index (χ3v) is 2.98. The highest BCUT2D eigenvalue weighted by Gasteiger charge is 2.20. The van der Waals surface area contributed by atoms with Crippen LogP contribution in [0.3, 0.4) is 0 Å². The molecule has 17 heavy (non-hydrogen) atoms. The molecule has 0 bridgehead atoms.